The van der Waals surface area contributed by atoms with Gasteiger partial charge in [-0.25, -0.2) is 14.1 Å². The lowest BCUT2D eigenvalue weighted by Crippen LogP contribution is -2.33. The van der Waals surface area contributed by atoms with Gasteiger partial charge in [0, 0.05) is 23.2 Å². The van der Waals surface area contributed by atoms with Gasteiger partial charge in [0.2, 0.25) is 5.89 Å². The fraction of sp³-hybridized carbons (Fsp3) is 0.278. The summed E-state index contributed by atoms with van der Waals surface area (Å²) in [5, 5.41) is 4.41. The Hall–Kier alpha value is -2.80. The smallest absolute Gasteiger partial charge is 0.267 e. The van der Waals surface area contributed by atoms with Gasteiger partial charge in [0.15, 0.2) is 0 Å². The molecule has 2 N–H and O–H groups in total. The number of halogens is 1. The SMILES string of the molecule is NC1CCc2nn(Cc3ccc(-c4ncco4)cc3F)c(=O)cc2C1. The van der Waals surface area contributed by atoms with Crippen LogP contribution in [0.1, 0.15) is 23.2 Å². The van der Waals surface area contributed by atoms with E-state index in [1.165, 1.54) is 23.2 Å². The van der Waals surface area contributed by atoms with Gasteiger partial charge in [-0.2, -0.15) is 5.10 Å². The second kappa shape index (κ2) is 6.25. The third-order valence-electron chi connectivity index (χ3n) is 4.45. The number of nitrogens with zero attached hydrogens (tertiary/aromatic N) is 3. The van der Waals surface area contributed by atoms with Gasteiger partial charge in [-0.1, -0.05) is 6.07 Å². The summed E-state index contributed by atoms with van der Waals surface area (Å²) >= 11 is 0. The normalized spacial score (nSPS) is 16.6. The van der Waals surface area contributed by atoms with E-state index in [4.69, 9.17) is 10.2 Å². The average molecular weight is 340 g/mol. The number of fused-ring (bicyclic) bond motifs is 1. The van der Waals surface area contributed by atoms with Gasteiger partial charge >= 0.3 is 0 Å². The quantitative estimate of drug-likeness (QED) is 0.787. The number of hydrogen-bond acceptors (Lipinski definition) is 5. The Kier molecular flexibility index (Phi) is 3.93. The van der Waals surface area contributed by atoms with Crippen LogP contribution in [0, 0.1) is 5.82 Å². The van der Waals surface area contributed by atoms with Gasteiger partial charge in [-0.05, 0) is 37.0 Å². The lowest BCUT2D eigenvalue weighted by Gasteiger charge is -2.21. The number of aromatic nitrogens is 3. The van der Waals surface area contributed by atoms with Crippen LogP contribution >= 0.6 is 0 Å². The Morgan fingerprint density at radius 3 is 3.00 bits per heavy atom. The van der Waals surface area contributed by atoms with Crippen LogP contribution in [0.3, 0.4) is 0 Å². The first kappa shape index (κ1) is 15.7. The third kappa shape index (κ3) is 3.10. The molecule has 128 valence electrons. The van der Waals surface area contributed by atoms with Crippen LogP contribution in [0.2, 0.25) is 0 Å². The van der Waals surface area contributed by atoms with Gasteiger partial charge in [0.1, 0.15) is 12.1 Å². The molecule has 0 fully saturated rings. The van der Waals surface area contributed by atoms with Crippen LogP contribution in [0.5, 0.6) is 0 Å². The zero-order valence-electron chi connectivity index (χ0n) is 13.5. The molecule has 1 aliphatic rings. The first-order valence-corrected chi connectivity index (χ1v) is 8.14. The second-order valence-corrected chi connectivity index (χ2v) is 6.26. The number of nitrogens with two attached hydrogens (primary N) is 1. The lowest BCUT2D eigenvalue weighted by molar-refractivity contribution is 0.521. The summed E-state index contributed by atoms with van der Waals surface area (Å²) in [4.78, 5) is 16.3. The third-order valence-corrected chi connectivity index (χ3v) is 4.45. The van der Waals surface area contributed by atoms with Crippen LogP contribution in [0.25, 0.3) is 11.5 Å². The van der Waals surface area contributed by atoms with E-state index >= 15 is 0 Å². The molecule has 1 aromatic carbocycles. The van der Waals surface area contributed by atoms with Crippen LogP contribution < -0.4 is 11.3 Å². The molecule has 25 heavy (non-hydrogen) atoms. The minimum Gasteiger partial charge on any atom is -0.445 e. The highest BCUT2D eigenvalue weighted by Gasteiger charge is 2.19. The standard InChI is InChI=1S/C18H17FN4O2/c19-15-8-11(18-21-5-6-25-18)1-2-12(15)10-23-17(24)9-13-7-14(20)3-4-16(13)22-23/h1-2,5-6,8-9,14H,3-4,7,10,20H2. The van der Waals surface area contributed by atoms with E-state index in [2.05, 4.69) is 10.1 Å². The maximum atomic E-state index is 14.4. The number of benzene rings is 1. The van der Waals surface area contributed by atoms with Crippen molar-refractivity contribution in [2.75, 3.05) is 0 Å². The minimum atomic E-state index is -0.427. The molecule has 0 amide bonds. The minimum absolute atomic E-state index is 0.0738. The molecule has 7 heteroatoms. The first-order chi connectivity index (χ1) is 12.1. The van der Waals surface area contributed by atoms with Gasteiger partial charge in [-0.3, -0.25) is 4.79 Å². The van der Waals surface area contributed by atoms with Crippen molar-refractivity contribution in [1.82, 2.24) is 14.8 Å². The molecule has 2 heterocycles. The molecular formula is C18H17FN4O2. The average Bonchev–Trinajstić information content (AvgIpc) is 3.12. The highest BCUT2D eigenvalue weighted by atomic mass is 19.1. The fourth-order valence-electron chi connectivity index (χ4n) is 3.11. The van der Waals surface area contributed by atoms with E-state index in [0.29, 0.717) is 23.4 Å². The van der Waals surface area contributed by atoms with Crippen molar-refractivity contribution < 1.29 is 8.81 Å². The molecule has 1 unspecified atom stereocenters. The van der Waals surface area contributed by atoms with E-state index in [1.54, 1.807) is 18.2 Å². The highest BCUT2D eigenvalue weighted by Crippen LogP contribution is 2.21. The molecule has 0 aliphatic heterocycles. The van der Waals surface area contributed by atoms with E-state index in [1.807, 2.05) is 0 Å². The van der Waals surface area contributed by atoms with Crippen LogP contribution in [0.15, 0.2) is 45.9 Å². The Morgan fingerprint density at radius 1 is 1.36 bits per heavy atom. The summed E-state index contributed by atoms with van der Waals surface area (Å²) in [5.74, 6) is -0.0741. The Morgan fingerprint density at radius 2 is 2.24 bits per heavy atom. The predicted molar refractivity (Wildman–Crippen MR) is 89.5 cm³/mol. The van der Waals surface area contributed by atoms with E-state index in [-0.39, 0.29) is 18.1 Å². The number of oxazole rings is 1. The molecule has 1 atom stereocenters. The summed E-state index contributed by atoms with van der Waals surface area (Å²) in [6.07, 6.45) is 5.19. The van der Waals surface area contributed by atoms with Crippen LogP contribution in [0.4, 0.5) is 4.39 Å². The number of aryl methyl sites for hydroxylation is 1. The Labute approximate surface area is 143 Å². The maximum absolute atomic E-state index is 14.4. The van der Waals surface area contributed by atoms with E-state index in [9.17, 15) is 9.18 Å². The maximum Gasteiger partial charge on any atom is 0.267 e. The van der Waals surface area contributed by atoms with E-state index < -0.39 is 5.82 Å². The molecule has 0 bridgehead atoms. The summed E-state index contributed by atoms with van der Waals surface area (Å²) in [6.45, 7) is 0.0792. The Balaban J connectivity index is 1.63. The molecule has 0 radical (unpaired) electrons. The first-order valence-electron chi connectivity index (χ1n) is 8.14. The molecular weight excluding hydrogens is 323 g/mol. The lowest BCUT2D eigenvalue weighted by atomic mass is 9.93. The van der Waals surface area contributed by atoms with Gasteiger partial charge in [0.05, 0.1) is 18.4 Å². The zero-order valence-corrected chi connectivity index (χ0v) is 13.5. The van der Waals surface area contributed by atoms with E-state index in [0.717, 1.165) is 24.1 Å². The molecule has 0 spiro atoms. The molecule has 4 rings (SSSR count). The monoisotopic (exact) mass is 340 g/mol. The van der Waals surface area contributed by atoms with Crippen molar-refractivity contribution in [1.29, 1.82) is 0 Å². The summed E-state index contributed by atoms with van der Waals surface area (Å²) in [5.41, 5.74) is 8.40. The van der Waals surface area contributed by atoms with Crippen molar-refractivity contribution >= 4 is 0 Å². The van der Waals surface area contributed by atoms with Crippen molar-refractivity contribution in [2.24, 2.45) is 5.73 Å². The Bertz CT molecular complexity index is 966. The zero-order chi connectivity index (χ0) is 17.4. The molecule has 0 saturated carbocycles. The van der Waals surface area contributed by atoms with Crippen molar-refractivity contribution in [2.45, 2.75) is 31.8 Å². The van der Waals surface area contributed by atoms with Crippen molar-refractivity contribution in [3.8, 4) is 11.5 Å². The molecule has 0 saturated heterocycles. The summed E-state index contributed by atoms with van der Waals surface area (Å²) in [6, 6.07) is 6.33. The predicted octanol–water partition coefficient (Wildman–Crippen LogP) is 1.90. The molecule has 6 nitrogen and oxygen atoms in total. The summed E-state index contributed by atoms with van der Waals surface area (Å²) in [7, 11) is 0. The number of rotatable bonds is 3. The molecule has 1 aliphatic carbocycles. The molecule has 3 aromatic rings. The van der Waals surface area contributed by atoms with Gasteiger partial charge in [0.25, 0.3) is 5.56 Å². The van der Waals surface area contributed by atoms with Gasteiger partial charge < -0.3 is 10.2 Å². The largest absolute Gasteiger partial charge is 0.445 e. The van der Waals surface area contributed by atoms with Crippen LogP contribution in [-0.4, -0.2) is 20.8 Å². The highest BCUT2D eigenvalue weighted by molar-refractivity contribution is 5.53. The van der Waals surface area contributed by atoms with Crippen molar-refractivity contribution in [3.63, 3.8) is 0 Å². The second-order valence-electron chi connectivity index (χ2n) is 6.26. The van der Waals surface area contributed by atoms with Crippen molar-refractivity contribution in [3.05, 3.63) is 69.7 Å². The fourth-order valence-corrected chi connectivity index (χ4v) is 3.11. The topological polar surface area (TPSA) is 86.9 Å². The summed E-state index contributed by atoms with van der Waals surface area (Å²) < 4.78 is 20.9. The number of hydrogen-bond donors (Lipinski definition) is 1. The van der Waals surface area contributed by atoms with Gasteiger partial charge in [-0.15, -0.1) is 0 Å². The molecule has 2 aromatic heterocycles. The van der Waals surface area contributed by atoms with Crippen LogP contribution in [-0.2, 0) is 19.4 Å².